The molecule has 6 heteroatoms. The molecular weight excluding hydrogens is 486 g/mol. The Morgan fingerprint density at radius 1 is 0.974 bits per heavy atom. The second-order valence-electron chi connectivity index (χ2n) is 10.9. The topological polar surface area (TPSA) is 64.4 Å². The number of benzene rings is 3. The Morgan fingerprint density at radius 3 is 2.36 bits per heavy atom. The minimum absolute atomic E-state index is 0.0777. The first kappa shape index (κ1) is 28.1. The molecule has 0 radical (unpaired) electrons. The highest BCUT2D eigenvalue weighted by atomic mass is 16.6. The number of ether oxygens (including phenoxy) is 1. The largest absolute Gasteiger partial charge is 0.456 e. The van der Waals surface area contributed by atoms with Crippen molar-refractivity contribution < 1.29 is 14.3 Å². The van der Waals surface area contributed by atoms with Crippen molar-refractivity contribution in [3.63, 3.8) is 0 Å². The van der Waals surface area contributed by atoms with Gasteiger partial charge in [0.25, 0.3) is 0 Å². The van der Waals surface area contributed by atoms with Gasteiger partial charge >= 0.3 is 5.97 Å². The maximum absolute atomic E-state index is 12.9. The molecular formula is C33H39N3O3. The summed E-state index contributed by atoms with van der Waals surface area (Å²) < 4.78 is 7.91. The van der Waals surface area contributed by atoms with Gasteiger partial charge in [0, 0.05) is 32.1 Å². The van der Waals surface area contributed by atoms with Crippen molar-refractivity contribution in [1.82, 2.24) is 9.55 Å². The van der Waals surface area contributed by atoms with E-state index in [4.69, 9.17) is 9.72 Å². The standard InChI is InChI=1S/C33H39N3O3/c1-7-9-14-30-34-28-20-19-25(35(6)31(37)8-2)21-29(28)36(30)22-23-15-17-24(18-16-23)26-12-10-11-13-27(26)32(38)39-33(3,4)5/h10-13,15-21H,7-9,14,22H2,1-6H3. The number of imidazole rings is 1. The lowest BCUT2D eigenvalue weighted by atomic mass is 9.98. The van der Waals surface area contributed by atoms with E-state index in [1.807, 2.05) is 71.1 Å². The molecule has 4 aromatic rings. The number of anilines is 1. The molecule has 0 saturated heterocycles. The van der Waals surface area contributed by atoms with Gasteiger partial charge in [-0.2, -0.15) is 0 Å². The van der Waals surface area contributed by atoms with Crippen LogP contribution in [0.1, 0.15) is 75.6 Å². The fraction of sp³-hybridized carbons (Fsp3) is 0.364. The number of aryl methyl sites for hydroxylation is 1. The Kier molecular flexibility index (Phi) is 8.54. The first-order chi connectivity index (χ1) is 18.6. The highest BCUT2D eigenvalue weighted by Gasteiger charge is 2.21. The van der Waals surface area contributed by atoms with Gasteiger partial charge in [-0.1, -0.05) is 62.7 Å². The van der Waals surface area contributed by atoms with Crippen LogP contribution in [0, 0.1) is 0 Å². The Labute approximate surface area is 231 Å². The van der Waals surface area contributed by atoms with Crippen LogP contribution in [0.2, 0.25) is 0 Å². The summed E-state index contributed by atoms with van der Waals surface area (Å²) in [7, 11) is 1.82. The minimum atomic E-state index is -0.560. The number of esters is 1. The number of hydrogen-bond donors (Lipinski definition) is 0. The van der Waals surface area contributed by atoms with Crippen molar-refractivity contribution in [2.45, 2.75) is 72.4 Å². The van der Waals surface area contributed by atoms with Crippen LogP contribution in [0.25, 0.3) is 22.2 Å². The Balaban J connectivity index is 1.67. The molecule has 204 valence electrons. The minimum Gasteiger partial charge on any atom is -0.456 e. The van der Waals surface area contributed by atoms with Gasteiger partial charge in [0.2, 0.25) is 5.91 Å². The van der Waals surface area contributed by atoms with Crippen LogP contribution in [-0.4, -0.2) is 34.1 Å². The average Bonchev–Trinajstić information content (AvgIpc) is 3.26. The number of amides is 1. The SMILES string of the molecule is CCCCc1nc2ccc(N(C)C(=O)CC)cc2n1Cc1ccc(-c2ccccc2C(=O)OC(C)(C)C)cc1. The second kappa shape index (κ2) is 11.9. The predicted octanol–water partition coefficient (Wildman–Crippen LogP) is 7.42. The third-order valence-corrected chi connectivity index (χ3v) is 6.78. The van der Waals surface area contributed by atoms with Crippen LogP contribution in [0.4, 0.5) is 5.69 Å². The van der Waals surface area contributed by atoms with E-state index in [0.717, 1.165) is 58.5 Å². The van der Waals surface area contributed by atoms with E-state index < -0.39 is 5.60 Å². The lowest BCUT2D eigenvalue weighted by Gasteiger charge is -2.20. The summed E-state index contributed by atoms with van der Waals surface area (Å²) in [4.78, 5) is 31.8. The third kappa shape index (κ3) is 6.56. The van der Waals surface area contributed by atoms with Gasteiger partial charge in [-0.15, -0.1) is 0 Å². The number of unbranched alkanes of at least 4 members (excludes halogenated alkanes) is 1. The highest BCUT2D eigenvalue weighted by molar-refractivity contribution is 5.97. The molecule has 1 heterocycles. The summed E-state index contributed by atoms with van der Waals surface area (Å²) in [5.74, 6) is 0.802. The average molecular weight is 526 g/mol. The van der Waals surface area contributed by atoms with Crippen molar-refractivity contribution >= 4 is 28.6 Å². The van der Waals surface area contributed by atoms with Crippen LogP contribution in [0.15, 0.2) is 66.7 Å². The van der Waals surface area contributed by atoms with Crippen molar-refractivity contribution in [3.8, 4) is 11.1 Å². The maximum atomic E-state index is 12.9. The van der Waals surface area contributed by atoms with Gasteiger partial charge in [-0.05, 0) is 68.1 Å². The van der Waals surface area contributed by atoms with E-state index in [-0.39, 0.29) is 11.9 Å². The number of carbonyl (C=O) groups is 2. The zero-order chi connectivity index (χ0) is 28.2. The fourth-order valence-corrected chi connectivity index (χ4v) is 4.67. The summed E-state index contributed by atoms with van der Waals surface area (Å²) in [5, 5.41) is 0. The van der Waals surface area contributed by atoms with E-state index in [1.165, 1.54) is 0 Å². The van der Waals surface area contributed by atoms with Crippen molar-refractivity contribution in [2.24, 2.45) is 0 Å². The molecule has 0 aliphatic carbocycles. The zero-order valence-corrected chi connectivity index (χ0v) is 24.0. The molecule has 0 spiro atoms. The first-order valence-corrected chi connectivity index (χ1v) is 13.8. The number of nitrogens with zero attached hydrogens (tertiary/aromatic N) is 3. The van der Waals surface area contributed by atoms with Crippen molar-refractivity contribution in [2.75, 3.05) is 11.9 Å². The molecule has 0 aliphatic rings. The van der Waals surface area contributed by atoms with Crippen LogP contribution < -0.4 is 4.90 Å². The van der Waals surface area contributed by atoms with Gasteiger partial charge in [0.05, 0.1) is 16.6 Å². The molecule has 0 bridgehead atoms. The fourth-order valence-electron chi connectivity index (χ4n) is 4.67. The molecule has 1 aromatic heterocycles. The normalized spacial score (nSPS) is 11.5. The third-order valence-electron chi connectivity index (χ3n) is 6.78. The summed E-state index contributed by atoms with van der Waals surface area (Å²) in [6.07, 6.45) is 3.50. The van der Waals surface area contributed by atoms with E-state index in [9.17, 15) is 9.59 Å². The molecule has 0 fully saturated rings. The van der Waals surface area contributed by atoms with Crippen LogP contribution in [0.3, 0.4) is 0 Å². The van der Waals surface area contributed by atoms with E-state index in [2.05, 4.69) is 41.8 Å². The molecule has 39 heavy (non-hydrogen) atoms. The molecule has 0 saturated carbocycles. The number of carbonyl (C=O) groups excluding carboxylic acids is 2. The summed E-state index contributed by atoms with van der Waals surface area (Å²) in [6, 6.07) is 21.9. The molecule has 6 nitrogen and oxygen atoms in total. The number of hydrogen-bond acceptors (Lipinski definition) is 4. The van der Waals surface area contributed by atoms with Crippen LogP contribution in [-0.2, 0) is 22.5 Å². The molecule has 0 N–H and O–H groups in total. The zero-order valence-electron chi connectivity index (χ0n) is 24.0. The summed E-state index contributed by atoms with van der Waals surface area (Å²) in [5.41, 5.74) is 5.77. The number of rotatable bonds is 9. The van der Waals surface area contributed by atoms with Gasteiger partial charge in [-0.3, -0.25) is 4.79 Å². The Morgan fingerprint density at radius 2 is 1.69 bits per heavy atom. The molecule has 0 unspecified atom stereocenters. The molecule has 1 amide bonds. The monoisotopic (exact) mass is 525 g/mol. The molecule has 4 rings (SSSR count). The molecule has 0 aliphatic heterocycles. The maximum Gasteiger partial charge on any atom is 0.339 e. The van der Waals surface area contributed by atoms with E-state index in [1.54, 1.807) is 4.90 Å². The van der Waals surface area contributed by atoms with Crippen LogP contribution >= 0.6 is 0 Å². The first-order valence-electron chi connectivity index (χ1n) is 13.8. The quantitative estimate of drug-likeness (QED) is 0.213. The Hall–Kier alpha value is -3.93. The predicted molar refractivity (Wildman–Crippen MR) is 158 cm³/mol. The van der Waals surface area contributed by atoms with E-state index >= 15 is 0 Å². The van der Waals surface area contributed by atoms with Gasteiger partial charge < -0.3 is 14.2 Å². The molecule has 3 aromatic carbocycles. The number of aromatic nitrogens is 2. The lowest BCUT2D eigenvalue weighted by Crippen LogP contribution is -2.25. The van der Waals surface area contributed by atoms with Gasteiger partial charge in [-0.25, -0.2) is 9.78 Å². The van der Waals surface area contributed by atoms with E-state index in [0.29, 0.717) is 18.5 Å². The second-order valence-corrected chi connectivity index (χ2v) is 10.9. The summed E-state index contributed by atoms with van der Waals surface area (Å²) in [6.45, 7) is 10.3. The molecule has 0 atom stereocenters. The lowest BCUT2D eigenvalue weighted by molar-refractivity contribution is -0.118. The van der Waals surface area contributed by atoms with Crippen LogP contribution in [0.5, 0.6) is 0 Å². The van der Waals surface area contributed by atoms with Crippen molar-refractivity contribution in [1.29, 1.82) is 0 Å². The highest BCUT2D eigenvalue weighted by Crippen LogP contribution is 2.28. The van der Waals surface area contributed by atoms with Gasteiger partial charge in [0.1, 0.15) is 11.4 Å². The smallest absolute Gasteiger partial charge is 0.339 e. The summed E-state index contributed by atoms with van der Waals surface area (Å²) >= 11 is 0. The number of fused-ring (bicyclic) bond motifs is 1. The van der Waals surface area contributed by atoms with Crippen molar-refractivity contribution in [3.05, 3.63) is 83.7 Å². The Bertz CT molecular complexity index is 1460. The van der Waals surface area contributed by atoms with Gasteiger partial charge in [0.15, 0.2) is 0 Å².